The van der Waals surface area contributed by atoms with Crippen molar-refractivity contribution >= 4 is 23.1 Å². The summed E-state index contributed by atoms with van der Waals surface area (Å²) >= 11 is 1.28. The fourth-order valence-electron chi connectivity index (χ4n) is 0.917. The molecule has 0 saturated carbocycles. The highest BCUT2D eigenvalue weighted by molar-refractivity contribution is 7.11. The minimum absolute atomic E-state index is 0.104. The fourth-order valence-corrected chi connectivity index (χ4v) is 1.52. The monoisotopic (exact) mass is 213 g/mol. The van der Waals surface area contributed by atoms with Crippen LogP contribution < -0.4 is 0 Å². The van der Waals surface area contributed by atoms with Crippen molar-refractivity contribution in [3.8, 4) is 0 Å². The van der Waals surface area contributed by atoms with Crippen LogP contribution in [0.2, 0.25) is 0 Å². The molecule has 0 unspecified atom stereocenters. The van der Waals surface area contributed by atoms with Crippen molar-refractivity contribution < 1.29 is 14.3 Å². The maximum absolute atomic E-state index is 11.4. The first kappa shape index (κ1) is 10.8. The fraction of sp³-hybridized carbons (Fsp3) is 0.444. The van der Waals surface area contributed by atoms with Crippen molar-refractivity contribution in [2.24, 2.45) is 0 Å². The lowest BCUT2D eigenvalue weighted by Crippen LogP contribution is -2.07. The number of hydrogen-bond donors (Lipinski definition) is 0. The molecule has 0 saturated heterocycles. The lowest BCUT2D eigenvalue weighted by Gasteiger charge is -1.99. The topological polar surface area (TPSA) is 56.3 Å². The molecule has 76 valence electrons. The maximum Gasteiger partial charge on any atom is 0.306 e. The second kappa shape index (κ2) is 5.49. The van der Waals surface area contributed by atoms with Gasteiger partial charge >= 0.3 is 5.97 Å². The first-order valence-electron chi connectivity index (χ1n) is 4.32. The smallest absolute Gasteiger partial charge is 0.306 e. The third kappa shape index (κ3) is 3.26. The molecule has 0 fully saturated rings. The number of nitrogens with zero attached hydrogens (tertiary/aromatic N) is 1. The summed E-state index contributed by atoms with van der Waals surface area (Å²) in [5.41, 5.74) is 0. The van der Waals surface area contributed by atoms with Crippen molar-refractivity contribution in [3.63, 3.8) is 0 Å². The minimum atomic E-state index is -0.336. The third-order valence-electron chi connectivity index (χ3n) is 1.53. The summed E-state index contributed by atoms with van der Waals surface area (Å²) in [5, 5.41) is 2.19. The molecule has 0 aliphatic rings. The number of carbonyl (C=O) groups excluding carboxylic acids is 2. The van der Waals surface area contributed by atoms with Gasteiger partial charge in [0.05, 0.1) is 13.0 Å². The Bertz CT molecular complexity index is 308. The van der Waals surface area contributed by atoms with E-state index in [4.69, 9.17) is 4.74 Å². The Morgan fingerprint density at radius 1 is 1.50 bits per heavy atom. The number of rotatable bonds is 5. The number of aromatic nitrogens is 1. The standard InChI is InChI=1S/C9H11NO3S/c1-2-13-8(12)4-3-7(11)9-10-5-6-14-9/h5-6H,2-4H2,1H3. The first-order valence-corrected chi connectivity index (χ1v) is 5.20. The van der Waals surface area contributed by atoms with E-state index < -0.39 is 0 Å². The summed E-state index contributed by atoms with van der Waals surface area (Å²) in [6, 6.07) is 0. The molecule has 0 bridgehead atoms. The Morgan fingerprint density at radius 2 is 2.29 bits per heavy atom. The summed E-state index contributed by atoms with van der Waals surface area (Å²) in [7, 11) is 0. The molecule has 0 aliphatic carbocycles. The van der Waals surface area contributed by atoms with E-state index in [0.717, 1.165) is 0 Å². The predicted molar refractivity (Wildman–Crippen MR) is 52.3 cm³/mol. The van der Waals surface area contributed by atoms with Gasteiger partial charge in [0, 0.05) is 18.0 Å². The van der Waals surface area contributed by atoms with E-state index in [0.29, 0.717) is 11.6 Å². The van der Waals surface area contributed by atoms with Gasteiger partial charge in [0.2, 0.25) is 0 Å². The van der Waals surface area contributed by atoms with Crippen molar-refractivity contribution in [2.75, 3.05) is 6.61 Å². The number of ether oxygens (including phenoxy) is 1. The molecule has 0 aromatic carbocycles. The highest BCUT2D eigenvalue weighted by Gasteiger charge is 2.11. The lowest BCUT2D eigenvalue weighted by molar-refractivity contribution is -0.143. The van der Waals surface area contributed by atoms with Gasteiger partial charge in [-0.15, -0.1) is 11.3 Å². The Labute approximate surface area is 85.9 Å². The summed E-state index contributed by atoms with van der Waals surface area (Å²) in [6.07, 6.45) is 1.88. The van der Waals surface area contributed by atoms with Crippen molar-refractivity contribution in [3.05, 3.63) is 16.6 Å². The van der Waals surface area contributed by atoms with Gasteiger partial charge in [-0.1, -0.05) is 0 Å². The molecule has 0 radical (unpaired) electrons. The molecule has 1 aromatic rings. The molecule has 0 N–H and O–H groups in total. The minimum Gasteiger partial charge on any atom is -0.466 e. The highest BCUT2D eigenvalue weighted by Crippen LogP contribution is 2.08. The Hall–Kier alpha value is -1.23. The first-order chi connectivity index (χ1) is 6.74. The molecule has 4 nitrogen and oxygen atoms in total. The number of esters is 1. The van der Waals surface area contributed by atoms with Gasteiger partial charge in [-0.3, -0.25) is 9.59 Å². The van der Waals surface area contributed by atoms with Crippen LogP contribution in [0.1, 0.15) is 29.6 Å². The SMILES string of the molecule is CCOC(=O)CCC(=O)c1nccs1. The number of carbonyl (C=O) groups is 2. The van der Waals surface area contributed by atoms with E-state index in [1.165, 1.54) is 11.3 Å². The zero-order valence-corrected chi connectivity index (χ0v) is 8.67. The number of Topliss-reactive ketones (excluding diaryl/α,β-unsaturated/α-hetero) is 1. The number of ketones is 1. The molecule has 0 atom stereocenters. The lowest BCUT2D eigenvalue weighted by atomic mass is 10.2. The van der Waals surface area contributed by atoms with Gasteiger partial charge in [-0.2, -0.15) is 0 Å². The second-order valence-corrected chi connectivity index (χ2v) is 3.46. The maximum atomic E-state index is 11.4. The van der Waals surface area contributed by atoms with Crippen LogP contribution in [-0.2, 0) is 9.53 Å². The summed E-state index contributed by atoms with van der Waals surface area (Å²) in [4.78, 5) is 26.1. The molecular formula is C9H11NO3S. The van der Waals surface area contributed by atoms with E-state index in [9.17, 15) is 9.59 Å². The van der Waals surface area contributed by atoms with E-state index in [2.05, 4.69) is 4.98 Å². The van der Waals surface area contributed by atoms with Gasteiger partial charge in [0.25, 0.3) is 0 Å². The van der Waals surface area contributed by atoms with Gasteiger partial charge < -0.3 is 4.74 Å². The molecule has 5 heteroatoms. The van der Waals surface area contributed by atoms with E-state index in [1.807, 2.05) is 0 Å². The molecule has 0 amide bonds. The summed E-state index contributed by atoms with van der Waals surface area (Å²) in [5.74, 6) is -0.439. The van der Waals surface area contributed by atoms with Gasteiger partial charge in [-0.25, -0.2) is 4.98 Å². The van der Waals surface area contributed by atoms with Crippen LogP contribution >= 0.6 is 11.3 Å². The quantitative estimate of drug-likeness (QED) is 0.551. The molecule has 1 heterocycles. The van der Waals surface area contributed by atoms with E-state index in [-0.39, 0.29) is 24.6 Å². The van der Waals surface area contributed by atoms with E-state index in [1.54, 1.807) is 18.5 Å². The molecule has 1 rings (SSSR count). The zero-order valence-electron chi connectivity index (χ0n) is 7.86. The summed E-state index contributed by atoms with van der Waals surface area (Å²) in [6.45, 7) is 2.09. The Morgan fingerprint density at radius 3 is 2.86 bits per heavy atom. The van der Waals surface area contributed by atoms with Crippen molar-refractivity contribution in [1.82, 2.24) is 4.98 Å². The Kier molecular flexibility index (Phi) is 4.25. The Balaban J connectivity index is 2.32. The third-order valence-corrected chi connectivity index (χ3v) is 2.35. The molecule has 0 spiro atoms. The van der Waals surface area contributed by atoms with Gasteiger partial charge in [0.15, 0.2) is 10.8 Å². The second-order valence-electron chi connectivity index (χ2n) is 2.57. The largest absolute Gasteiger partial charge is 0.466 e. The average Bonchev–Trinajstić information content (AvgIpc) is 2.67. The van der Waals surface area contributed by atoms with Crippen molar-refractivity contribution in [1.29, 1.82) is 0 Å². The highest BCUT2D eigenvalue weighted by atomic mass is 32.1. The van der Waals surface area contributed by atoms with Crippen molar-refractivity contribution in [2.45, 2.75) is 19.8 Å². The average molecular weight is 213 g/mol. The molecule has 0 aliphatic heterocycles. The molecule has 1 aromatic heterocycles. The number of thiazole rings is 1. The van der Waals surface area contributed by atoms with Crippen LogP contribution in [-0.4, -0.2) is 23.3 Å². The normalized spacial score (nSPS) is 9.79. The van der Waals surface area contributed by atoms with Crippen LogP contribution in [0.25, 0.3) is 0 Å². The van der Waals surface area contributed by atoms with Gasteiger partial charge in [-0.05, 0) is 6.92 Å². The van der Waals surface area contributed by atoms with Crippen LogP contribution in [0.4, 0.5) is 0 Å². The van der Waals surface area contributed by atoms with Crippen LogP contribution in [0.3, 0.4) is 0 Å². The number of hydrogen-bond acceptors (Lipinski definition) is 5. The van der Waals surface area contributed by atoms with E-state index >= 15 is 0 Å². The van der Waals surface area contributed by atoms with Crippen LogP contribution in [0.5, 0.6) is 0 Å². The zero-order chi connectivity index (χ0) is 10.4. The predicted octanol–water partition coefficient (Wildman–Crippen LogP) is 1.67. The van der Waals surface area contributed by atoms with Crippen LogP contribution in [0, 0.1) is 0 Å². The van der Waals surface area contributed by atoms with Gasteiger partial charge in [0.1, 0.15) is 0 Å². The molecule has 14 heavy (non-hydrogen) atoms. The van der Waals surface area contributed by atoms with Crippen LogP contribution in [0.15, 0.2) is 11.6 Å². The molecular weight excluding hydrogens is 202 g/mol. The summed E-state index contributed by atoms with van der Waals surface area (Å²) < 4.78 is 4.70.